The first-order valence-electron chi connectivity index (χ1n) is 8.99. The Labute approximate surface area is 143 Å². The predicted molar refractivity (Wildman–Crippen MR) is 97.5 cm³/mol. The Kier molecular flexibility index (Phi) is 27.7. The van der Waals surface area contributed by atoms with Crippen LogP contribution < -0.4 is 0 Å². The predicted octanol–water partition coefficient (Wildman–Crippen LogP) is 4.16. The Morgan fingerprint density at radius 3 is 1.26 bits per heavy atom. The van der Waals surface area contributed by atoms with Crippen molar-refractivity contribution >= 4 is 12.1 Å². The number of aliphatic hydroxyl groups is 2. The third-order valence-electron chi connectivity index (χ3n) is 3.05. The summed E-state index contributed by atoms with van der Waals surface area (Å²) < 4.78 is 0. The molecule has 0 atom stereocenters. The zero-order valence-electron chi connectivity index (χ0n) is 16.0. The fourth-order valence-corrected chi connectivity index (χ4v) is 1.68. The fraction of sp³-hybridized carbons (Fsp3) is 0.895. The minimum atomic E-state index is -0.426. The van der Waals surface area contributed by atoms with Crippen molar-refractivity contribution in [2.24, 2.45) is 11.8 Å². The van der Waals surface area contributed by atoms with Gasteiger partial charge in [-0.3, -0.25) is 9.59 Å². The van der Waals surface area contributed by atoms with E-state index in [1.165, 1.54) is 45.4 Å². The lowest BCUT2D eigenvalue weighted by molar-refractivity contribution is -0.128. The van der Waals surface area contributed by atoms with Crippen LogP contribution in [0.2, 0.25) is 0 Å². The Balaban J connectivity index is -0.000000273. The number of hydrogen-bond acceptors (Lipinski definition) is 4. The number of unbranched alkanes of at least 4 members (excludes halogenated alkanes) is 4. The second kappa shape index (κ2) is 23.5. The number of carbonyl (C=O) groups is 2. The molecule has 0 spiro atoms. The molecular weight excluding hydrogens is 292 g/mol. The van der Waals surface area contributed by atoms with Gasteiger partial charge in [0, 0.05) is 20.1 Å². The molecule has 0 amide bonds. The van der Waals surface area contributed by atoms with Gasteiger partial charge in [-0.05, 0) is 24.7 Å². The van der Waals surface area contributed by atoms with E-state index < -0.39 is 5.78 Å². The molecule has 0 heterocycles. The van der Waals surface area contributed by atoms with E-state index in [9.17, 15) is 4.79 Å². The molecule has 0 aliphatic rings. The molecule has 4 nitrogen and oxygen atoms in total. The minimum absolute atomic E-state index is 0.278. The SMILES string of the molecule is CC(=O)C=O.CC(C)CCCCCO.CC(C)CCCCCO. The van der Waals surface area contributed by atoms with Gasteiger partial charge in [0.05, 0.1) is 0 Å². The molecule has 4 heteroatoms. The smallest absolute Gasteiger partial charge is 0.192 e. The van der Waals surface area contributed by atoms with Crippen molar-refractivity contribution in [3.8, 4) is 0 Å². The monoisotopic (exact) mass is 332 g/mol. The second-order valence-electron chi connectivity index (χ2n) is 6.66. The van der Waals surface area contributed by atoms with E-state index in [0.29, 0.717) is 13.2 Å². The molecule has 0 aromatic rings. The van der Waals surface area contributed by atoms with E-state index in [4.69, 9.17) is 15.0 Å². The van der Waals surface area contributed by atoms with Crippen LogP contribution >= 0.6 is 0 Å². The first kappa shape index (κ1) is 27.1. The van der Waals surface area contributed by atoms with Crippen LogP contribution in [0.15, 0.2) is 0 Å². The highest BCUT2D eigenvalue weighted by Gasteiger charge is 1.93. The van der Waals surface area contributed by atoms with Crippen LogP contribution in [-0.2, 0) is 9.59 Å². The lowest BCUT2D eigenvalue weighted by Crippen LogP contribution is -1.88. The fourth-order valence-electron chi connectivity index (χ4n) is 1.68. The van der Waals surface area contributed by atoms with Crippen LogP contribution in [0, 0.1) is 11.8 Å². The van der Waals surface area contributed by atoms with Crippen LogP contribution in [0.4, 0.5) is 0 Å². The molecule has 0 saturated heterocycles. The highest BCUT2D eigenvalue weighted by molar-refractivity contribution is 6.23. The molecule has 2 N–H and O–H groups in total. The van der Waals surface area contributed by atoms with E-state index in [1.54, 1.807) is 0 Å². The Morgan fingerprint density at radius 2 is 1.09 bits per heavy atom. The molecule has 0 aliphatic carbocycles. The van der Waals surface area contributed by atoms with E-state index >= 15 is 0 Å². The Bertz CT molecular complexity index is 222. The molecule has 0 aliphatic heterocycles. The quantitative estimate of drug-likeness (QED) is 0.338. The molecule has 140 valence electrons. The lowest BCUT2D eigenvalue weighted by Gasteiger charge is -2.01. The second-order valence-corrected chi connectivity index (χ2v) is 6.66. The van der Waals surface area contributed by atoms with Gasteiger partial charge in [-0.15, -0.1) is 0 Å². The highest BCUT2D eigenvalue weighted by atomic mass is 16.3. The van der Waals surface area contributed by atoms with Gasteiger partial charge < -0.3 is 10.2 Å². The Morgan fingerprint density at radius 1 is 0.783 bits per heavy atom. The van der Waals surface area contributed by atoms with E-state index in [2.05, 4.69) is 27.7 Å². The molecule has 0 fully saturated rings. The van der Waals surface area contributed by atoms with Crippen LogP contribution in [0.1, 0.15) is 86.0 Å². The maximum atomic E-state index is 9.44. The number of hydrogen-bond donors (Lipinski definition) is 2. The van der Waals surface area contributed by atoms with Crippen molar-refractivity contribution in [2.45, 2.75) is 86.0 Å². The van der Waals surface area contributed by atoms with Crippen molar-refractivity contribution in [1.82, 2.24) is 0 Å². The highest BCUT2D eigenvalue weighted by Crippen LogP contribution is 2.07. The molecule has 23 heavy (non-hydrogen) atoms. The van der Waals surface area contributed by atoms with Gasteiger partial charge in [-0.25, -0.2) is 0 Å². The number of Topliss-reactive ketones (excluding diaryl/α,β-unsaturated/α-hetero) is 1. The Hall–Kier alpha value is -0.740. The zero-order chi connectivity index (χ0) is 18.5. The van der Waals surface area contributed by atoms with Crippen LogP contribution in [0.3, 0.4) is 0 Å². The van der Waals surface area contributed by atoms with Gasteiger partial charge in [-0.2, -0.15) is 0 Å². The summed E-state index contributed by atoms with van der Waals surface area (Å²) in [6.45, 7) is 10.9. The van der Waals surface area contributed by atoms with Crippen LogP contribution in [-0.4, -0.2) is 35.5 Å². The minimum Gasteiger partial charge on any atom is -0.396 e. The van der Waals surface area contributed by atoms with E-state index in [-0.39, 0.29) is 6.29 Å². The summed E-state index contributed by atoms with van der Waals surface area (Å²) in [6.07, 6.45) is 9.78. The number of aldehydes is 1. The summed E-state index contributed by atoms with van der Waals surface area (Å²) in [4.78, 5) is 18.6. The van der Waals surface area contributed by atoms with E-state index in [1.807, 2.05) is 0 Å². The summed E-state index contributed by atoms with van der Waals surface area (Å²) in [5, 5.41) is 16.9. The van der Waals surface area contributed by atoms with Gasteiger partial charge >= 0.3 is 0 Å². The molecule has 0 rings (SSSR count). The molecule has 0 aromatic carbocycles. The zero-order valence-corrected chi connectivity index (χ0v) is 16.0. The molecular formula is C19H40O4. The van der Waals surface area contributed by atoms with Crippen molar-refractivity contribution in [2.75, 3.05) is 13.2 Å². The maximum absolute atomic E-state index is 9.44. The normalized spacial score (nSPS) is 9.78. The average molecular weight is 333 g/mol. The van der Waals surface area contributed by atoms with Gasteiger partial charge in [0.15, 0.2) is 12.1 Å². The summed E-state index contributed by atoms with van der Waals surface area (Å²) in [5.74, 6) is 1.22. The van der Waals surface area contributed by atoms with E-state index in [0.717, 1.165) is 24.7 Å². The molecule has 0 saturated carbocycles. The molecule has 0 unspecified atom stereocenters. The van der Waals surface area contributed by atoms with Crippen LogP contribution in [0.5, 0.6) is 0 Å². The summed E-state index contributed by atoms with van der Waals surface area (Å²) in [7, 11) is 0. The van der Waals surface area contributed by atoms with Gasteiger partial charge in [0.25, 0.3) is 0 Å². The van der Waals surface area contributed by atoms with Crippen molar-refractivity contribution in [3.63, 3.8) is 0 Å². The first-order chi connectivity index (χ1) is 10.8. The maximum Gasteiger partial charge on any atom is 0.192 e. The topological polar surface area (TPSA) is 74.6 Å². The number of aliphatic hydroxyl groups excluding tert-OH is 2. The summed E-state index contributed by atoms with van der Waals surface area (Å²) >= 11 is 0. The van der Waals surface area contributed by atoms with Crippen LogP contribution in [0.25, 0.3) is 0 Å². The molecule has 0 bridgehead atoms. The van der Waals surface area contributed by atoms with Gasteiger partial charge in [0.1, 0.15) is 0 Å². The van der Waals surface area contributed by atoms with Gasteiger partial charge in [0.2, 0.25) is 0 Å². The first-order valence-corrected chi connectivity index (χ1v) is 8.99. The van der Waals surface area contributed by atoms with Crippen molar-refractivity contribution < 1.29 is 19.8 Å². The number of rotatable bonds is 11. The number of carbonyl (C=O) groups excluding carboxylic acids is 2. The molecule has 0 radical (unpaired) electrons. The average Bonchev–Trinajstić information content (AvgIpc) is 2.49. The van der Waals surface area contributed by atoms with Crippen molar-refractivity contribution in [3.05, 3.63) is 0 Å². The van der Waals surface area contributed by atoms with Crippen molar-refractivity contribution in [1.29, 1.82) is 0 Å². The standard InChI is InChI=1S/2C8H18O.C3H4O2/c2*1-8(2)6-4-3-5-7-9;1-3(5)2-4/h2*8-9H,3-7H2,1-2H3;2H,1H3. The largest absolute Gasteiger partial charge is 0.396 e. The third kappa shape index (κ3) is 44.9. The summed E-state index contributed by atoms with van der Waals surface area (Å²) in [5.41, 5.74) is 0. The lowest BCUT2D eigenvalue weighted by atomic mass is 10.1. The van der Waals surface area contributed by atoms with Gasteiger partial charge in [-0.1, -0.05) is 66.2 Å². The third-order valence-corrected chi connectivity index (χ3v) is 3.05. The molecule has 0 aromatic heterocycles. The number of ketones is 1. The summed E-state index contributed by atoms with van der Waals surface area (Å²) in [6, 6.07) is 0.